The van der Waals surface area contributed by atoms with Crippen molar-refractivity contribution < 1.29 is 22.4 Å². The van der Waals surface area contributed by atoms with E-state index in [2.05, 4.69) is 21.9 Å². The predicted molar refractivity (Wildman–Crippen MR) is 158 cm³/mol. The van der Waals surface area contributed by atoms with Crippen molar-refractivity contribution in [3.63, 3.8) is 0 Å². The van der Waals surface area contributed by atoms with Crippen LogP contribution in [0.4, 0.5) is 18.9 Å². The van der Waals surface area contributed by atoms with Crippen molar-refractivity contribution in [2.24, 2.45) is 0 Å². The molecule has 3 aromatic carbocycles. The maximum atomic E-state index is 13.1. The zero-order valence-corrected chi connectivity index (χ0v) is 23.9. The number of anilines is 1. The smallest absolute Gasteiger partial charge is 0.416 e. The Bertz CT molecular complexity index is 1380. The van der Waals surface area contributed by atoms with E-state index in [-0.39, 0.29) is 0 Å². The fraction of sp³-hybridized carbons (Fsp3) is 0.364. The molecule has 9 heteroatoms. The van der Waals surface area contributed by atoms with Gasteiger partial charge < -0.3 is 14.2 Å². The second-order valence-corrected chi connectivity index (χ2v) is 10.6. The molecule has 0 radical (unpaired) electrons. The SMILES string of the molecule is CCN(CCCN1CCN(c2cccc(C(F)(F)F)c2)CC1)Cc1cc(-c2ccc(OCc3ccccc3)cc2)no1. The minimum Gasteiger partial charge on any atom is -0.489 e. The Morgan fingerprint density at radius 2 is 1.67 bits per heavy atom. The summed E-state index contributed by atoms with van der Waals surface area (Å²) >= 11 is 0. The van der Waals surface area contributed by atoms with E-state index in [1.807, 2.05) is 65.6 Å². The van der Waals surface area contributed by atoms with E-state index in [9.17, 15) is 13.2 Å². The topological polar surface area (TPSA) is 45.0 Å². The Balaban J connectivity index is 1.04. The Morgan fingerprint density at radius 1 is 0.905 bits per heavy atom. The van der Waals surface area contributed by atoms with Gasteiger partial charge in [-0.1, -0.05) is 48.5 Å². The second kappa shape index (κ2) is 13.9. The van der Waals surface area contributed by atoms with Crippen molar-refractivity contribution in [3.8, 4) is 17.0 Å². The molecule has 1 saturated heterocycles. The third-order valence-electron chi connectivity index (χ3n) is 7.64. The number of piperazine rings is 1. The molecule has 0 saturated carbocycles. The third-order valence-corrected chi connectivity index (χ3v) is 7.64. The number of hydrogen-bond acceptors (Lipinski definition) is 6. The molecule has 1 fully saturated rings. The molecule has 2 heterocycles. The Hall–Kier alpha value is -3.82. The van der Waals surface area contributed by atoms with Crippen molar-refractivity contribution in [3.05, 3.63) is 102 Å². The van der Waals surface area contributed by atoms with Gasteiger partial charge in [0.1, 0.15) is 18.1 Å². The molecular weight excluding hydrogens is 541 g/mol. The zero-order valence-electron chi connectivity index (χ0n) is 23.9. The lowest BCUT2D eigenvalue weighted by molar-refractivity contribution is -0.137. The minimum absolute atomic E-state index is 0.525. The fourth-order valence-corrected chi connectivity index (χ4v) is 5.18. The van der Waals surface area contributed by atoms with Gasteiger partial charge in [0.15, 0.2) is 5.76 Å². The van der Waals surface area contributed by atoms with Crippen LogP contribution < -0.4 is 9.64 Å². The molecule has 0 spiro atoms. The summed E-state index contributed by atoms with van der Waals surface area (Å²) in [5.41, 5.74) is 2.95. The average molecular weight is 579 g/mol. The monoisotopic (exact) mass is 578 g/mol. The summed E-state index contributed by atoms with van der Waals surface area (Å²) in [6.45, 7) is 9.24. The van der Waals surface area contributed by atoms with Crippen LogP contribution in [0.5, 0.6) is 5.75 Å². The van der Waals surface area contributed by atoms with Gasteiger partial charge in [-0.25, -0.2) is 0 Å². The molecule has 0 amide bonds. The van der Waals surface area contributed by atoms with Gasteiger partial charge in [-0.15, -0.1) is 0 Å². The van der Waals surface area contributed by atoms with Gasteiger partial charge in [0.05, 0.1) is 12.1 Å². The van der Waals surface area contributed by atoms with E-state index in [1.54, 1.807) is 6.07 Å². The zero-order chi connectivity index (χ0) is 29.4. The minimum atomic E-state index is -4.32. The maximum Gasteiger partial charge on any atom is 0.416 e. The summed E-state index contributed by atoms with van der Waals surface area (Å²) in [5.74, 6) is 1.63. The van der Waals surface area contributed by atoms with E-state index in [4.69, 9.17) is 9.26 Å². The molecule has 0 bridgehead atoms. The number of alkyl halides is 3. The summed E-state index contributed by atoms with van der Waals surface area (Å²) in [6.07, 6.45) is -3.32. The molecule has 1 aliphatic rings. The van der Waals surface area contributed by atoms with Gasteiger partial charge >= 0.3 is 6.18 Å². The molecule has 0 unspecified atom stereocenters. The lowest BCUT2D eigenvalue weighted by Gasteiger charge is -2.36. The first-order valence-corrected chi connectivity index (χ1v) is 14.5. The Morgan fingerprint density at radius 3 is 2.38 bits per heavy atom. The van der Waals surface area contributed by atoms with Crippen molar-refractivity contribution >= 4 is 5.69 Å². The molecule has 1 aliphatic heterocycles. The van der Waals surface area contributed by atoms with Crippen LogP contribution in [0, 0.1) is 0 Å². The van der Waals surface area contributed by atoms with Crippen molar-refractivity contribution in [1.29, 1.82) is 0 Å². The van der Waals surface area contributed by atoms with Crippen LogP contribution in [-0.4, -0.2) is 60.8 Å². The summed E-state index contributed by atoms with van der Waals surface area (Å²) in [5, 5.41) is 4.28. The molecule has 5 rings (SSSR count). The molecule has 0 aliphatic carbocycles. The van der Waals surface area contributed by atoms with E-state index < -0.39 is 11.7 Å². The summed E-state index contributed by atoms with van der Waals surface area (Å²) in [4.78, 5) is 6.76. The summed E-state index contributed by atoms with van der Waals surface area (Å²) in [6, 6.07) is 25.6. The summed E-state index contributed by atoms with van der Waals surface area (Å²) < 4.78 is 50.8. The highest BCUT2D eigenvalue weighted by molar-refractivity contribution is 5.59. The van der Waals surface area contributed by atoms with E-state index in [1.165, 1.54) is 12.1 Å². The molecule has 4 aromatic rings. The molecule has 1 aromatic heterocycles. The number of benzene rings is 3. The fourth-order valence-electron chi connectivity index (χ4n) is 5.18. The molecule has 222 valence electrons. The van der Waals surface area contributed by atoms with Crippen molar-refractivity contribution in [2.75, 3.05) is 50.7 Å². The predicted octanol–water partition coefficient (Wildman–Crippen LogP) is 6.97. The maximum absolute atomic E-state index is 13.1. The standard InChI is InChI=1S/C33H37F3N4O2/c1-2-38(16-7-17-39-18-20-40(21-19-39)29-11-6-10-28(22-29)33(34,35)36)24-31-23-32(37-42-31)27-12-14-30(15-13-27)41-25-26-8-4-3-5-9-26/h3-6,8-15,22-23H,2,7,16-21,24-25H2,1H3. The summed E-state index contributed by atoms with van der Waals surface area (Å²) in [7, 11) is 0. The van der Waals surface area contributed by atoms with Crippen LogP contribution >= 0.6 is 0 Å². The average Bonchev–Trinajstić information content (AvgIpc) is 3.49. The highest BCUT2D eigenvalue weighted by Crippen LogP contribution is 2.32. The number of halogens is 3. The molecular formula is C33H37F3N4O2. The third kappa shape index (κ3) is 8.14. The van der Waals surface area contributed by atoms with Gasteiger partial charge in [0, 0.05) is 43.5 Å². The van der Waals surface area contributed by atoms with Crippen LogP contribution in [0.25, 0.3) is 11.3 Å². The molecule has 0 atom stereocenters. The van der Waals surface area contributed by atoms with Crippen molar-refractivity contribution in [1.82, 2.24) is 15.0 Å². The quantitative estimate of drug-likeness (QED) is 0.181. The second-order valence-electron chi connectivity index (χ2n) is 10.6. The van der Waals surface area contributed by atoms with Crippen LogP contribution in [0.1, 0.15) is 30.2 Å². The molecule has 0 N–H and O–H groups in total. The number of rotatable bonds is 12. The van der Waals surface area contributed by atoms with Gasteiger partial charge in [-0.3, -0.25) is 9.80 Å². The number of aromatic nitrogens is 1. The highest BCUT2D eigenvalue weighted by Gasteiger charge is 2.31. The van der Waals surface area contributed by atoms with Gasteiger partial charge in [0.25, 0.3) is 0 Å². The van der Waals surface area contributed by atoms with Crippen molar-refractivity contribution in [2.45, 2.75) is 32.7 Å². The van der Waals surface area contributed by atoms with Crippen LogP contribution in [0.2, 0.25) is 0 Å². The first-order chi connectivity index (χ1) is 20.4. The molecule has 42 heavy (non-hydrogen) atoms. The highest BCUT2D eigenvalue weighted by atomic mass is 19.4. The van der Waals surface area contributed by atoms with E-state index >= 15 is 0 Å². The lowest BCUT2D eigenvalue weighted by atomic mass is 10.1. The van der Waals surface area contributed by atoms with Crippen LogP contribution in [0.15, 0.2) is 89.5 Å². The first-order valence-electron chi connectivity index (χ1n) is 14.5. The molecule has 6 nitrogen and oxygen atoms in total. The van der Waals surface area contributed by atoms with Crippen LogP contribution in [-0.2, 0) is 19.3 Å². The van der Waals surface area contributed by atoms with E-state index in [0.29, 0.717) is 18.8 Å². The van der Waals surface area contributed by atoms with Crippen LogP contribution in [0.3, 0.4) is 0 Å². The van der Waals surface area contributed by atoms with E-state index in [0.717, 1.165) is 86.6 Å². The van der Waals surface area contributed by atoms with Gasteiger partial charge in [0.2, 0.25) is 0 Å². The van der Waals surface area contributed by atoms with Gasteiger partial charge in [-0.2, -0.15) is 13.2 Å². The number of ether oxygens (including phenoxy) is 1. The van der Waals surface area contributed by atoms with Gasteiger partial charge in [-0.05, 0) is 74.1 Å². The largest absolute Gasteiger partial charge is 0.489 e. The Kier molecular flexibility index (Phi) is 9.81. The normalized spacial score (nSPS) is 14.5. The lowest BCUT2D eigenvalue weighted by Crippen LogP contribution is -2.47. The first kappa shape index (κ1) is 29.7. The number of nitrogens with zero attached hydrogens (tertiary/aromatic N) is 4. The Labute approximate surface area is 245 Å². The number of hydrogen-bond donors (Lipinski definition) is 0.